The Morgan fingerprint density at radius 1 is 1.00 bits per heavy atom. The maximum Gasteiger partial charge on any atom is 0.254 e. The molecule has 0 saturated heterocycles. The lowest BCUT2D eigenvalue weighted by molar-refractivity contribution is 0.0643. The summed E-state index contributed by atoms with van der Waals surface area (Å²) in [5.74, 6) is 1.000. The standard InChI is InChI=1S/C24H25N3O2.ClH/c1-29-22-11-6-17(7-12-22)16-2-4-18(5-3-16)24(28)27(20-8-9-20)21-10-13-23-19(14-21)15-25-26-23;/h2-7,11-12,15,20-21H,8-10,13-14H2,1H3,(H,25,26);1H. The lowest BCUT2D eigenvalue weighted by atomic mass is 9.91. The van der Waals surface area contributed by atoms with Crippen LogP contribution in [0.2, 0.25) is 0 Å². The molecule has 0 spiro atoms. The van der Waals surface area contributed by atoms with E-state index in [4.69, 9.17) is 4.74 Å². The van der Waals surface area contributed by atoms with Crippen molar-refractivity contribution in [2.45, 2.75) is 44.2 Å². The first kappa shape index (κ1) is 20.5. The molecule has 1 saturated carbocycles. The summed E-state index contributed by atoms with van der Waals surface area (Å²) < 4.78 is 5.23. The van der Waals surface area contributed by atoms with Crippen LogP contribution in [-0.2, 0) is 12.8 Å². The molecule has 2 aliphatic carbocycles. The maximum absolute atomic E-state index is 13.4. The number of fused-ring (bicyclic) bond motifs is 1. The van der Waals surface area contributed by atoms with Gasteiger partial charge in [0.15, 0.2) is 0 Å². The molecule has 1 fully saturated rings. The number of aromatic nitrogens is 2. The first-order valence-corrected chi connectivity index (χ1v) is 10.3. The highest BCUT2D eigenvalue weighted by molar-refractivity contribution is 5.95. The molecule has 0 radical (unpaired) electrons. The molecule has 0 aliphatic heterocycles. The molecule has 1 atom stereocenters. The highest BCUT2D eigenvalue weighted by Crippen LogP contribution is 2.35. The molecule has 0 bridgehead atoms. The quantitative estimate of drug-likeness (QED) is 0.648. The minimum absolute atomic E-state index is 0. The molecule has 6 heteroatoms. The molecule has 156 valence electrons. The van der Waals surface area contributed by atoms with Crippen molar-refractivity contribution in [3.05, 3.63) is 71.5 Å². The van der Waals surface area contributed by atoms with Gasteiger partial charge in [0.1, 0.15) is 5.75 Å². The van der Waals surface area contributed by atoms with Gasteiger partial charge in [-0.1, -0.05) is 24.3 Å². The van der Waals surface area contributed by atoms with Crippen molar-refractivity contribution >= 4 is 18.3 Å². The van der Waals surface area contributed by atoms with E-state index in [2.05, 4.69) is 15.1 Å². The van der Waals surface area contributed by atoms with Crippen LogP contribution in [0.1, 0.15) is 40.9 Å². The Morgan fingerprint density at radius 3 is 2.30 bits per heavy atom. The molecule has 30 heavy (non-hydrogen) atoms. The van der Waals surface area contributed by atoms with Gasteiger partial charge in [-0.15, -0.1) is 12.4 Å². The Kier molecular flexibility index (Phi) is 5.82. The maximum atomic E-state index is 13.4. The number of aromatic amines is 1. The summed E-state index contributed by atoms with van der Waals surface area (Å²) in [7, 11) is 1.67. The topological polar surface area (TPSA) is 58.2 Å². The van der Waals surface area contributed by atoms with E-state index in [1.54, 1.807) is 7.11 Å². The average molecular weight is 424 g/mol. The van der Waals surface area contributed by atoms with Crippen molar-refractivity contribution in [3.8, 4) is 16.9 Å². The van der Waals surface area contributed by atoms with Gasteiger partial charge in [0.2, 0.25) is 0 Å². The van der Waals surface area contributed by atoms with E-state index in [0.29, 0.717) is 6.04 Å². The number of amides is 1. The number of aryl methyl sites for hydroxylation is 1. The Hall–Kier alpha value is -2.79. The second kappa shape index (κ2) is 8.52. The molecule has 1 amide bonds. The Labute approximate surface area is 182 Å². The van der Waals surface area contributed by atoms with Gasteiger partial charge in [0, 0.05) is 23.3 Å². The minimum atomic E-state index is 0. The Bertz CT molecular complexity index is 1010. The molecule has 1 heterocycles. The van der Waals surface area contributed by atoms with Gasteiger partial charge in [-0.25, -0.2) is 0 Å². The molecule has 5 rings (SSSR count). The van der Waals surface area contributed by atoms with Crippen LogP contribution in [0.4, 0.5) is 0 Å². The first-order valence-electron chi connectivity index (χ1n) is 10.3. The van der Waals surface area contributed by atoms with Crippen LogP contribution in [-0.4, -0.2) is 40.2 Å². The fourth-order valence-corrected chi connectivity index (χ4v) is 4.35. The first-order chi connectivity index (χ1) is 14.2. The summed E-state index contributed by atoms with van der Waals surface area (Å²) in [5.41, 5.74) is 5.47. The minimum Gasteiger partial charge on any atom is -0.497 e. The molecule has 2 aromatic carbocycles. The summed E-state index contributed by atoms with van der Waals surface area (Å²) in [4.78, 5) is 15.5. The largest absolute Gasteiger partial charge is 0.497 e. The molecule has 1 aromatic heterocycles. The monoisotopic (exact) mass is 423 g/mol. The summed E-state index contributed by atoms with van der Waals surface area (Å²) >= 11 is 0. The summed E-state index contributed by atoms with van der Waals surface area (Å²) in [6.45, 7) is 0. The molecule has 5 nitrogen and oxygen atoms in total. The van der Waals surface area contributed by atoms with Gasteiger partial charge >= 0.3 is 0 Å². The van der Waals surface area contributed by atoms with Crippen LogP contribution in [0.3, 0.4) is 0 Å². The number of benzene rings is 2. The third-order valence-corrected chi connectivity index (χ3v) is 6.11. The van der Waals surface area contributed by atoms with Crippen molar-refractivity contribution in [1.82, 2.24) is 15.1 Å². The van der Waals surface area contributed by atoms with E-state index < -0.39 is 0 Å². The smallest absolute Gasteiger partial charge is 0.254 e. The SMILES string of the molecule is COc1ccc(-c2ccc(C(=O)N(C3CC3)C3CCc4[nH]ncc4C3)cc2)cc1.Cl. The number of hydrogen-bond acceptors (Lipinski definition) is 3. The average Bonchev–Trinajstić information content (AvgIpc) is 3.49. The molecular weight excluding hydrogens is 398 g/mol. The molecular formula is C24H26ClN3O2. The number of halogens is 1. The zero-order valence-electron chi connectivity index (χ0n) is 17.0. The second-order valence-electron chi connectivity index (χ2n) is 8.02. The van der Waals surface area contributed by atoms with Gasteiger partial charge in [-0.3, -0.25) is 9.89 Å². The third kappa shape index (κ3) is 3.94. The van der Waals surface area contributed by atoms with E-state index in [0.717, 1.165) is 54.5 Å². The van der Waals surface area contributed by atoms with E-state index in [9.17, 15) is 4.79 Å². The number of hydrogen-bond donors (Lipinski definition) is 1. The van der Waals surface area contributed by atoms with Gasteiger partial charge in [0.25, 0.3) is 5.91 Å². The number of methoxy groups -OCH3 is 1. The van der Waals surface area contributed by atoms with E-state index in [1.165, 1.54) is 11.3 Å². The van der Waals surface area contributed by atoms with Gasteiger partial charge in [-0.2, -0.15) is 5.10 Å². The molecule has 1 unspecified atom stereocenters. The fourth-order valence-electron chi connectivity index (χ4n) is 4.35. The molecule has 3 aromatic rings. The van der Waals surface area contributed by atoms with E-state index >= 15 is 0 Å². The van der Waals surface area contributed by atoms with Crippen molar-refractivity contribution in [3.63, 3.8) is 0 Å². The number of nitrogens with zero attached hydrogens (tertiary/aromatic N) is 2. The third-order valence-electron chi connectivity index (χ3n) is 6.11. The number of rotatable bonds is 5. The van der Waals surface area contributed by atoms with Crippen molar-refractivity contribution in [1.29, 1.82) is 0 Å². The lowest BCUT2D eigenvalue weighted by Crippen LogP contribution is -2.44. The van der Waals surface area contributed by atoms with Crippen LogP contribution in [0.5, 0.6) is 5.75 Å². The van der Waals surface area contributed by atoms with Gasteiger partial charge in [0.05, 0.1) is 13.3 Å². The number of carbonyl (C=O) groups excluding carboxylic acids is 1. The predicted octanol–water partition coefficient (Wildman–Crippen LogP) is 4.67. The number of ether oxygens (including phenoxy) is 1. The van der Waals surface area contributed by atoms with Gasteiger partial charge in [-0.05, 0) is 73.1 Å². The van der Waals surface area contributed by atoms with E-state index in [1.807, 2.05) is 54.7 Å². The summed E-state index contributed by atoms with van der Waals surface area (Å²) in [6.07, 6.45) is 7.02. The lowest BCUT2D eigenvalue weighted by Gasteiger charge is -2.34. The zero-order chi connectivity index (χ0) is 19.8. The van der Waals surface area contributed by atoms with Crippen molar-refractivity contribution in [2.24, 2.45) is 0 Å². The summed E-state index contributed by atoms with van der Waals surface area (Å²) in [5, 5.41) is 7.26. The predicted molar refractivity (Wildman–Crippen MR) is 119 cm³/mol. The summed E-state index contributed by atoms with van der Waals surface area (Å²) in [6, 6.07) is 16.6. The van der Waals surface area contributed by atoms with E-state index in [-0.39, 0.29) is 24.4 Å². The zero-order valence-corrected chi connectivity index (χ0v) is 17.8. The number of nitrogens with one attached hydrogen (secondary N) is 1. The van der Waals surface area contributed by atoms with Crippen molar-refractivity contribution < 1.29 is 9.53 Å². The number of H-pyrrole nitrogens is 1. The number of carbonyl (C=O) groups is 1. The van der Waals surface area contributed by atoms with Crippen molar-refractivity contribution in [2.75, 3.05) is 7.11 Å². The Balaban J connectivity index is 0.00000218. The second-order valence-corrected chi connectivity index (χ2v) is 8.02. The van der Waals surface area contributed by atoms with Crippen LogP contribution in [0.15, 0.2) is 54.7 Å². The van der Waals surface area contributed by atoms with Crippen LogP contribution in [0, 0.1) is 0 Å². The van der Waals surface area contributed by atoms with Crippen LogP contribution >= 0.6 is 12.4 Å². The van der Waals surface area contributed by atoms with Crippen LogP contribution < -0.4 is 4.74 Å². The Morgan fingerprint density at radius 2 is 1.67 bits per heavy atom. The molecule has 2 aliphatic rings. The van der Waals surface area contributed by atoms with Crippen LogP contribution in [0.25, 0.3) is 11.1 Å². The highest BCUT2D eigenvalue weighted by Gasteiger charge is 2.39. The fraction of sp³-hybridized carbons (Fsp3) is 0.333. The van der Waals surface area contributed by atoms with Gasteiger partial charge < -0.3 is 9.64 Å². The molecule has 1 N–H and O–H groups in total. The highest BCUT2D eigenvalue weighted by atomic mass is 35.5. The normalized spacial score (nSPS) is 17.6.